The fourth-order valence-electron chi connectivity index (χ4n) is 1.43. The third-order valence-corrected chi connectivity index (χ3v) is 2.17. The Bertz CT molecular complexity index is 399. The van der Waals surface area contributed by atoms with Crippen LogP contribution in [0.1, 0.15) is 17.9 Å². The molecule has 1 N–H and O–H groups in total. The maximum absolute atomic E-state index is 11.3. The fourth-order valence-corrected chi connectivity index (χ4v) is 1.43. The molecule has 1 aliphatic rings. The van der Waals surface area contributed by atoms with Crippen molar-refractivity contribution >= 4 is 11.9 Å². The van der Waals surface area contributed by atoms with Gasteiger partial charge in [0.1, 0.15) is 0 Å². The maximum Gasteiger partial charge on any atom is 0.324 e. The molecule has 6 heteroatoms. The first kappa shape index (κ1) is 9.70. The third kappa shape index (κ3) is 2.15. The van der Waals surface area contributed by atoms with Crippen molar-refractivity contribution in [3.63, 3.8) is 0 Å². The average Bonchev–Trinajstić information content (AvgIpc) is 2.56. The van der Waals surface area contributed by atoms with Gasteiger partial charge >= 0.3 is 6.03 Å². The Morgan fingerprint density at radius 2 is 2.40 bits per heavy atom. The second-order valence-corrected chi connectivity index (χ2v) is 3.46. The molecule has 0 atom stereocenters. The van der Waals surface area contributed by atoms with Crippen LogP contribution in [0.15, 0.2) is 10.6 Å². The van der Waals surface area contributed by atoms with Crippen molar-refractivity contribution in [3.8, 4) is 0 Å². The summed E-state index contributed by atoms with van der Waals surface area (Å²) in [5, 5.41) is 5.96. The Morgan fingerprint density at radius 3 is 3.00 bits per heavy atom. The second kappa shape index (κ2) is 3.72. The minimum absolute atomic E-state index is 0.231. The molecule has 0 unspecified atom stereocenters. The molecular formula is C9H11N3O3. The number of imide groups is 1. The number of carbonyl (C=O) groups is 2. The zero-order chi connectivity index (χ0) is 10.8. The van der Waals surface area contributed by atoms with Gasteiger partial charge in [-0.25, -0.2) is 4.79 Å². The summed E-state index contributed by atoms with van der Waals surface area (Å²) < 4.78 is 4.99. The molecule has 0 spiro atoms. The maximum atomic E-state index is 11.3. The Kier molecular flexibility index (Phi) is 2.40. The van der Waals surface area contributed by atoms with Gasteiger partial charge in [-0.05, 0) is 6.92 Å². The van der Waals surface area contributed by atoms with E-state index in [1.54, 1.807) is 6.07 Å². The first-order valence-corrected chi connectivity index (χ1v) is 4.66. The summed E-state index contributed by atoms with van der Waals surface area (Å²) in [6.07, 6.45) is 0.332. The lowest BCUT2D eigenvalue weighted by Crippen LogP contribution is -2.48. The first-order chi connectivity index (χ1) is 7.15. The van der Waals surface area contributed by atoms with E-state index < -0.39 is 0 Å². The summed E-state index contributed by atoms with van der Waals surface area (Å²) in [5.41, 5.74) is 0.776. The zero-order valence-electron chi connectivity index (χ0n) is 8.32. The molecule has 1 saturated heterocycles. The van der Waals surface area contributed by atoms with Gasteiger partial charge in [0, 0.05) is 19.0 Å². The van der Waals surface area contributed by atoms with E-state index in [1.165, 1.54) is 4.90 Å². The van der Waals surface area contributed by atoms with Crippen molar-refractivity contribution in [1.82, 2.24) is 15.4 Å². The minimum Gasteiger partial charge on any atom is -0.359 e. The highest BCUT2D eigenvalue weighted by atomic mass is 16.5. The van der Waals surface area contributed by atoms with E-state index in [2.05, 4.69) is 10.5 Å². The van der Waals surface area contributed by atoms with E-state index in [-0.39, 0.29) is 11.9 Å². The van der Waals surface area contributed by atoms with Gasteiger partial charge in [0.15, 0.2) is 5.76 Å². The van der Waals surface area contributed by atoms with Gasteiger partial charge in [-0.3, -0.25) is 10.1 Å². The summed E-state index contributed by atoms with van der Waals surface area (Å²) >= 11 is 0. The van der Waals surface area contributed by atoms with Crippen molar-refractivity contribution < 1.29 is 14.1 Å². The zero-order valence-corrected chi connectivity index (χ0v) is 8.32. The van der Waals surface area contributed by atoms with E-state index >= 15 is 0 Å². The monoisotopic (exact) mass is 209 g/mol. The van der Waals surface area contributed by atoms with Crippen molar-refractivity contribution in [3.05, 3.63) is 17.5 Å². The molecule has 0 radical (unpaired) electrons. The number of hydrogen-bond donors (Lipinski definition) is 1. The van der Waals surface area contributed by atoms with Crippen molar-refractivity contribution in [2.45, 2.75) is 19.9 Å². The van der Waals surface area contributed by atoms with Crippen molar-refractivity contribution in [2.75, 3.05) is 6.54 Å². The van der Waals surface area contributed by atoms with Crippen LogP contribution in [-0.4, -0.2) is 28.5 Å². The summed E-state index contributed by atoms with van der Waals surface area (Å²) in [6, 6.07) is 1.39. The lowest BCUT2D eigenvalue weighted by molar-refractivity contribution is -0.121. The Balaban J connectivity index is 2.00. The van der Waals surface area contributed by atoms with E-state index in [4.69, 9.17) is 4.52 Å². The summed E-state index contributed by atoms with van der Waals surface area (Å²) in [4.78, 5) is 23.7. The smallest absolute Gasteiger partial charge is 0.324 e. The Hall–Kier alpha value is -1.85. The number of nitrogens with zero attached hydrogens (tertiary/aromatic N) is 2. The lowest BCUT2D eigenvalue weighted by atomic mass is 10.3. The van der Waals surface area contributed by atoms with Crippen LogP contribution in [0.25, 0.3) is 0 Å². The number of hydrogen-bond acceptors (Lipinski definition) is 4. The van der Waals surface area contributed by atoms with Crippen molar-refractivity contribution in [1.29, 1.82) is 0 Å². The third-order valence-electron chi connectivity index (χ3n) is 2.17. The number of rotatable bonds is 2. The highest BCUT2D eigenvalue weighted by Gasteiger charge is 2.23. The largest absolute Gasteiger partial charge is 0.359 e. The molecule has 1 fully saturated rings. The molecule has 3 amide bonds. The van der Waals surface area contributed by atoms with Gasteiger partial charge in [-0.1, -0.05) is 5.16 Å². The summed E-state index contributed by atoms with van der Waals surface area (Å²) in [6.45, 7) is 2.58. The molecule has 2 rings (SSSR count). The molecule has 1 aromatic heterocycles. The number of aryl methyl sites for hydroxylation is 1. The van der Waals surface area contributed by atoms with Crippen molar-refractivity contribution in [2.24, 2.45) is 0 Å². The highest BCUT2D eigenvalue weighted by Crippen LogP contribution is 2.09. The predicted molar refractivity (Wildman–Crippen MR) is 49.8 cm³/mol. The second-order valence-electron chi connectivity index (χ2n) is 3.46. The van der Waals surface area contributed by atoms with Crippen LogP contribution in [0.3, 0.4) is 0 Å². The van der Waals surface area contributed by atoms with Crippen LogP contribution in [0.5, 0.6) is 0 Å². The van der Waals surface area contributed by atoms with Gasteiger partial charge < -0.3 is 9.42 Å². The molecule has 0 aromatic carbocycles. The molecular weight excluding hydrogens is 198 g/mol. The normalized spacial score (nSPS) is 16.7. The standard InChI is InChI=1S/C9H11N3O3/c1-6-4-7(15-11-6)5-12-3-2-8(13)10-9(12)14/h4H,2-3,5H2,1H3,(H,10,13,14). The van der Waals surface area contributed by atoms with E-state index in [9.17, 15) is 9.59 Å². The Morgan fingerprint density at radius 1 is 1.60 bits per heavy atom. The van der Waals surface area contributed by atoms with Crippen LogP contribution < -0.4 is 5.32 Å². The minimum atomic E-state index is -0.375. The highest BCUT2D eigenvalue weighted by molar-refractivity contribution is 5.96. The number of aromatic nitrogens is 1. The van der Waals surface area contributed by atoms with Gasteiger partial charge in [0.05, 0.1) is 12.2 Å². The van der Waals surface area contributed by atoms with Gasteiger partial charge in [0.25, 0.3) is 0 Å². The Labute approximate surface area is 86.2 Å². The molecule has 0 aliphatic carbocycles. The SMILES string of the molecule is Cc1cc(CN2CCC(=O)NC2=O)on1. The number of carbonyl (C=O) groups excluding carboxylic acids is 2. The van der Waals surface area contributed by atoms with E-state index in [1.807, 2.05) is 6.92 Å². The van der Waals surface area contributed by atoms with Gasteiger partial charge in [-0.15, -0.1) is 0 Å². The van der Waals surface area contributed by atoms with Crippen LogP contribution in [0.4, 0.5) is 4.79 Å². The van der Waals surface area contributed by atoms with Crippen LogP contribution in [-0.2, 0) is 11.3 Å². The first-order valence-electron chi connectivity index (χ1n) is 4.66. The molecule has 6 nitrogen and oxygen atoms in total. The number of amides is 3. The summed E-state index contributed by atoms with van der Waals surface area (Å²) in [5.74, 6) is 0.391. The lowest BCUT2D eigenvalue weighted by Gasteiger charge is -2.25. The fraction of sp³-hybridized carbons (Fsp3) is 0.444. The molecule has 15 heavy (non-hydrogen) atoms. The topological polar surface area (TPSA) is 75.4 Å². The van der Waals surface area contributed by atoms with Gasteiger partial charge in [0.2, 0.25) is 5.91 Å². The number of nitrogens with one attached hydrogen (secondary N) is 1. The van der Waals surface area contributed by atoms with Crippen LogP contribution >= 0.6 is 0 Å². The summed E-state index contributed by atoms with van der Waals surface area (Å²) in [7, 11) is 0. The predicted octanol–water partition coefficient (Wildman–Crippen LogP) is 0.425. The molecule has 1 aliphatic heterocycles. The van der Waals surface area contributed by atoms with E-state index in [0.717, 1.165) is 5.69 Å². The van der Waals surface area contributed by atoms with E-state index in [0.29, 0.717) is 25.3 Å². The quantitative estimate of drug-likeness (QED) is 0.766. The van der Waals surface area contributed by atoms with Crippen LogP contribution in [0, 0.1) is 6.92 Å². The molecule has 0 bridgehead atoms. The molecule has 2 heterocycles. The number of urea groups is 1. The van der Waals surface area contributed by atoms with Crippen LogP contribution in [0.2, 0.25) is 0 Å². The molecule has 80 valence electrons. The molecule has 1 aromatic rings. The van der Waals surface area contributed by atoms with Gasteiger partial charge in [-0.2, -0.15) is 0 Å². The average molecular weight is 209 g/mol. The molecule has 0 saturated carbocycles.